The van der Waals surface area contributed by atoms with Gasteiger partial charge in [0.25, 0.3) is 0 Å². The fourth-order valence-electron chi connectivity index (χ4n) is 6.73. The SMILES string of the molecule is COC(=O)[C@@]12CN(CCN3CCOCC3)C[C@@](C(=O)OC)(C1=O)C(c1ccccn1)N(C)C2c1ccccn1. The van der Waals surface area contributed by atoms with E-state index in [2.05, 4.69) is 14.9 Å². The first-order valence-corrected chi connectivity index (χ1v) is 13.2. The predicted molar refractivity (Wildman–Crippen MR) is 139 cm³/mol. The van der Waals surface area contributed by atoms with Gasteiger partial charge in [-0.3, -0.25) is 39.1 Å². The smallest absolute Gasteiger partial charge is 0.322 e. The Kier molecular flexibility index (Phi) is 7.77. The lowest BCUT2D eigenvalue weighted by atomic mass is 9.54. The van der Waals surface area contributed by atoms with Gasteiger partial charge >= 0.3 is 11.9 Å². The lowest BCUT2D eigenvalue weighted by molar-refractivity contribution is -0.204. The number of methoxy groups -OCH3 is 2. The van der Waals surface area contributed by atoms with Gasteiger partial charge in [-0.15, -0.1) is 0 Å². The molecule has 5 rings (SSSR count). The summed E-state index contributed by atoms with van der Waals surface area (Å²) in [5.41, 5.74) is -2.37. The number of likely N-dealkylation sites (tertiary alicyclic amines) is 2. The van der Waals surface area contributed by atoms with E-state index in [9.17, 15) is 14.4 Å². The van der Waals surface area contributed by atoms with Crippen LogP contribution in [0.5, 0.6) is 0 Å². The number of hydrogen-bond acceptors (Lipinski definition) is 11. The molecule has 3 aliphatic rings. The summed E-state index contributed by atoms with van der Waals surface area (Å²) in [7, 11) is 4.36. The minimum atomic E-state index is -1.72. The molecular weight excluding hydrogens is 502 g/mol. The van der Waals surface area contributed by atoms with Crippen LogP contribution in [0.15, 0.2) is 48.8 Å². The summed E-state index contributed by atoms with van der Waals surface area (Å²) in [5, 5.41) is 0. The molecule has 11 nitrogen and oxygen atoms in total. The fraction of sp³-hybridized carbons (Fsp3) is 0.536. The fourth-order valence-corrected chi connectivity index (χ4v) is 6.73. The van der Waals surface area contributed by atoms with E-state index in [-0.39, 0.29) is 13.1 Å². The summed E-state index contributed by atoms with van der Waals surface area (Å²) in [6, 6.07) is 9.18. The molecule has 208 valence electrons. The summed E-state index contributed by atoms with van der Waals surface area (Å²) in [6.45, 7) is 4.32. The second-order valence-electron chi connectivity index (χ2n) is 10.4. The predicted octanol–water partition coefficient (Wildman–Crippen LogP) is 0.740. The molecule has 3 saturated heterocycles. The number of esters is 2. The number of ether oxygens (including phenoxy) is 3. The molecule has 0 aromatic carbocycles. The van der Waals surface area contributed by atoms with Crippen LogP contribution in [0.2, 0.25) is 0 Å². The Morgan fingerprint density at radius 2 is 1.36 bits per heavy atom. The molecule has 39 heavy (non-hydrogen) atoms. The van der Waals surface area contributed by atoms with E-state index in [1.54, 1.807) is 36.7 Å². The van der Waals surface area contributed by atoms with Gasteiger partial charge in [0.2, 0.25) is 0 Å². The van der Waals surface area contributed by atoms with Crippen LogP contribution < -0.4 is 0 Å². The second-order valence-corrected chi connectivity index (χ2v) is 10.4. The number of rotatable bonds is 7. The summed E-state index contributed by atoms with van der Waals surface area (Å²) in [4.78, 5) is 58.0. The topological polar surface area (TPSA) is 114 Å². The third-order valence-electron chi connectivity index (χ3n) is 8.38. The highest BCUT2D eigenvalue weighted by molar-refractivity contribution is 6.17. The highest BCUT2D eigenvalue weighted by Gasteiger charge is 2.75. The van der Waals surface area contributed by atoms with Crippen LogP contribution in [0, 0.1) is 10.8 Å². The number of pyridine rings is 2. The van der Waals surface area contributed by atoms with Crippen molar-refractivity contribution >= 4 is 17.7 Å². The van der Waals surface area contributed by atoms with Gasteiger partial charge in [0, 0.05) is 51.7 Å². The van der Waals surface area contributed by atoms with Crippen LogP contribution >= 0.6 is 0 Å². The number of nitrogens with zero attached hydrogens (tertiary/aromatic N) is 5. The maximum absolute atomic E-state index is 14.9. The van der Waals surface area contributed by atoms with Gasteiger partial charge < -0.3 is 14.2 Å². The molecule has 2 bridgehead atoms. The zero-order valence-corrected chi connectivity index (χ0v) is 22.6. The zero-order chi connectivity index (χ0) is 27.6. The van der Waals surface area contributed by atoms with E-state index in [1.807, 2.05) is 29.0 Å². The van der Waals surface area contributed by atoms with E-state index in [4.69, 9.17) is 14.2 Å². The van der Waals surface area contributed by atoms with Crippen LogP contribution in [-0.2, 0) is 28.6 Å². The number of ketones is 1. The van der Waals surface area contributed by atoms with Crippen molar-refractivity contribution in [3.05, 3.63) is 60.2 Å². The first-order chi connectivity index (χ1) is 18.9. The second kappa shape index (κ2) is 11.1. The summed E-state index contributed by atoms with van der Waals surface area (Å²) in [5.74, 6) is -1.90. The third kappa shape index (κ3) is 4.43. The molecule has 3 fully saturated rings. The molecule has 3 aliphatic heterocycles. The highest BCUT2D eigenvalue weighted by Crippen LogP contribution is 2.60. The molecule has 0 aliphatic carbocycles. The van der Waals surface area contributed by atoms with Crippen molar-refractivity contribution in [3.63, 3.8) is 0 Å². The van der Waals surface area contributed by atoms with Crippen LogP contribution in [0.3, 0.4) is 0 Å². The number of Topliss-reactive ketones (excluding diaryl/α,β-unsaturated/α-hetero) is 1. The van der Waals surface area contributed by atoms with Gasteiger partial charge in [-0.2, -0.15) is 0 Å². The number of fused-ring (bicyclic) bond motifs is 2. The molecule has 2 aromatic heterocycles. The number of piperidine rings is 2. The van der Waals surface area contributed by atoms with E-state index < -0.39 is 40.6 Å². The zero-order valence-electron chi connectivity index (χ0n) is 22.6. The van der Waals surface area contributed by atoms with Crippen molar-refractivity contribution in [3.8, 4) is 0 Å². The first kappa shape index (κ1) is 27.3. The lowest BCUT2D eigenvalue weighted by Crippen LogP contribution is -2.75. The van der Waals surface area contributed by atoms with Gasteiger partial charge in [-0.1, -0.05) is 12.1 Å². The number of hydrogen-bond donors (Lipinski definition) is 0. The van der Waals surface area contributed by atoms with E-state index >= 15 is 0 Å². The Balaban J connectivity index is 1.70. The Morgan fingerprint density at radius 1 is 0.872 bits per heavy atom. The summed E-state index contributed by atoms with van der Waals surface area (Å²) >= 11 is 0. The normalized spacial score (nSPS) is 30.1. The molecular formula is C28H35N5O6. The number of morpholine rings is 1. The van der Waals surface area contributed by atoms with Gasteiger partial charge in [0.1, 0.15) is 0 Å². The third-order valence-corrected chi connectivity index (χ3v) is 8.38. The van der Waals surface area contributed by atoms with Gasteiger partial charge in [-0.25, -0.2) is 0 Å². The van der Waals surface area contributed by atoms with E-state index in [0.29, 0.717) is 37.7 Å². The molecule has 5 heterocycles. The lowest BCUT2D eigenvalue weighted by Gasteiger charge is -2.60. The summed E-state index contributed by atoms with van der Waals surface area (Å²) < 4.78 is 16.2. The molecule has 4 atom stereocenters. The quantitative estimate of drug-likeness (QED) is 0.368. The van der Waals surface area contributed by atoms with E-state index in [0.717, 1.165) is 13.1 Å². The Bertz CT molecular complexity index is 1110. The van der Waals surface area contributed by atoms with Crippen molar-refractivity contribution < 1.29 is 28.6 Å². The van der Waals surface area contributed by atoms with Crippen molar-refractivity contribution in [1.29, 1.82) is 0 Å². The van der Waals surface area contributed by atoms with Gasteiger partial charge in [-0.05, 0) is 31.3 Å². The van der Waals surface area contributed by atoms with Crippen molar-refractivity contribution in [1.82, 2.24) is 24.7 Å². The molecule has 2 unspecified atom stereocenters. The largest absolute Gasteiger partial charge is 0.468 e. The number of aromatic nitrogens is 2. The number of carbonyl (C=O) groups is 3. The average Bonchev–Trinajstić information content (AvgIpc) is 2.98. The number of carbonyl (C=O) groups excluding carboxylic acids is 3. The molecule has 0 saturated carbocycles. The van der Waals surface area contributed by atoms with Crippen LogP contribution in [0.1, 0.15) is 23.5 Å². The van der Waals surface area contributed by atoms with Crippen LogP contribution in [0.25, 0.3) is 0 Å². The van der Waals surface area contributed by atoms with Crippen molar-refractivity contribution in [2.24, 2.45) is 10.8 Å². The molecule has 11 heteroatoms. The monoisotopic (exact) mass is 537 g/mol. The molecule has 0 radical (unpaired) electrons. The van der Waals surface area contributed by atoms with Crippen LogP contribution in [0.4, 0.5) is 0 Å². The molecule has 0 amide bonds. The summed E-state index contributed by atoms with van der Waals surface area (Å²) in [6.07, 6.45) is 3.27. The Labute approximate surface area is 228 Å². The molecule has 0 N–H and O–H groups in total. The maximum atomic E-state index is 14.9. The molecule has 2 aromatic rings. The van der Waals surface area contributed by atoms with Crippen molar-refractivity contribution in [2.75, 3.05) is 73.7 Å². The standard InChI is InChI=1S/C28H35N5O6/c1-31-22(20-8-4-6-10-29-20)27(25(35)37-2)18-33(13-12-32-14-16-39-17-15-32)19-28(24(27)34,26(36)38-3)23(31)21-9-5-7-11-30-21/h4-11,22-23H,12-19H2,1-3H3/t22?,23?,27-,28+. The Morgan fingerprint density at radius 3 is 1.79 bits per heavy atom. The molecule has 0 spiro atoms. The van der Waals surface area contributed by atoms with Crippen molar-refractivity contribution in [2.45, 2.75) is 12.1 Å². The average molecular weight is 538 g/mol. The Hall–Kier alpha value is -3.25. The minimum Gasteiger partial charge on any atom is -0.468 e. The highest BCUT2D eigenvalue weighted by atomic mass is 16.5. The minimum absolute atomic E-state index is 0.0854. The first-order valence-electron chi connectivity index (χ1n) is 13.2. The van der Waals surface area contributed by atoms with E-state index in [1.165, 1.54) is 14.2 Å². The van der Waals surface area contributed by atoms with Gasteiger partial charge in [0.05, 0.1) is 50.9 Å². The van der Waals surface area contributed by atoms with Crippen LogP contribution in [-0.4, -0.2) is 116 Å². The maximum Gasteiger partial charge on any atom is 0.322 e. The van der Waals surface area contributed by atoms with Gasteiger partial charge in [0.15, 0.2) is 16.6 Å².